The maximum absolute atomic E-state index is 11.5. The molecule has 0 fully saturated rings. The summed E-state index contributed by atoms with van der Waals surface area (Å²) in [6.07, 6.45) is 1.67. The smallest absolute Gasteiger partial charge is 0.256 e. The highest BCUT2D eigenvalue weighted by atomic mass is 79.9. The Balaban J connectivity index is 3.09. The van der Waals surface area contributed by atoms with Crippen molar-refractivity contribution in [1.82, 2.24) is 4.98 Å². The van der Waals surface area contributed by atoms with Crippen LogP contribution in [0.4, 0.5) is 0 Å². The Morgan fingerprint density at radius 1 is 1.38 bits per heavy atom. The zero-order chi connectivity index (χ0) is 9.42. The number of pyridine rings is 1. The summed E-state index contributed by atoms with van der Waals surface area (Å²) in [6.45, 7) is 1.93. The Labute approximate surface area is 83.7 Å². The number of hydrogen-bond donors (Lipinski definition) is 1. The second-order valence-corrected chi connectivity index (χ2v) is 3.82. The third-order valence-electron chi connectivity index (χ3n) is 2.09. The number of hydrogen-bond acceptors (Lipinski definition) is 1. The largest absolute Gasteiger partial charge is 0.327 e. The number of H-pyrrole nitrogens is 1. The van der Waals surface area contributed by atoms with Crippen LogP contribution in [0, 0.1) is 6.92 Å². The molecule has 1 N–H and O–H groups in total. The molecule has 1 aromatic heterocycles. The molecule has 2 nitrogen and oxygen atoms in total. The minimum Gasteiger partial charge on any atom is -0.327 e. The van der Waals surface area contributed by atoms with Crippen LogP contribution in [0.25, 0.3) is 10.8 Å². The second-order valence-electron chi connectivity index (χ2n) is 2.96. The lowest BCUT2D eigenvalue weighted by Crippen LogP contribution is -2.06. The summed E-state index contributed by atoms with van der Waals surface area (Å²) in [6, 6.07) is 5.81. The molecule has 66 valence electrons. The SMILES string of the molecule is Cc1cccc2c(Br)c[nH]c(=O)c12. The van der Waals surface area contributed by atoms with Crippen LogP contribution in [-0.2, 0) is 0 Å². The van der Waals surface area contributed by atoms with Crippen molar-refractivity contribution in [2.45, 2.75) is 6.92 Å². The van der Waals surface area contributed by atoms with Gasteiger partial charge in [-0.3, -0.25) is 4.79 Å². The molecule has 0 aliphatic rings. The molecule has 13 heavy (non-hydrogen) atoms. The topological polar surface area (TPSA) is 32.9 Å². The summed E-state index contributed by atoms with van der Waals surface area (Å²) in [5.41, 5.74) is 0.969. The van der Waals surface area contributed by atoms with Crippen molar-refractivity contribution in [2.24, 2.45) is 0 Å². The molecular weight excluding hydrogens is 230 g/mol. The Bertz CT molecular complexity index is 516. The number of aromatic amines is 1. The normalized spacial score (nSPS) is 10.6. The van der Waals surface area contributed by atoms with Gasteiger partial charge in [-0.05, 0) is 28.4 Å². The fourth-order valence-electron chi connectivity index (χ4n) is 1.45. The zero-order valence-electron chi connectivity index (χ0n) is 7.10. The fraction of sp³-hybridized carbons (Fsp3) is 0.100. The lowest BCUT2D eigenvalue weighted by molar-refractivity contribution is 1.25. The molecule has 0 saturated heterocycles. The van der Waals surface area contributed by atoms with Crippen molar-refractivity contribution in [3.05, 3.63) is 44.8 Å². The molecule has 2 aromatic rings. The maximum Gasteiger partial charge on any atom is 0.256 e. The first kappa shape index (κ1) is 8.51. The van der Waals surface area contributed by atoms with Crippen molar-refractivity contribution < 1.29 is 0 Å². The Hall–Kier alpha value is -1.09. The Kier molecular flexibility index (Phi) is 1.96. The van der Waals surface area contributed by atoms with Gasteiger partial charge >= 0.3 is 0 Å². The number of halogens is 1. The van der Waals surface area contributed by atoms with Crippen molar-refractivity contribution >= 4 is 26.7 Å². The van der Waals surface area contributed by atoms with E-state index < -0.39 is 0 Å². The molecule has 0 bridgehead atoms. The highest BCUT2D eigenvalue weighted by molar-refractivity contribution is 9.10. The first-order valence-corrected chi connectivity index (χ1v) is 4.76. The predicted octanol–water partition coefficient (Wildman–Crippen LogP) is 2.60. The van der Waals surface area contributed by atoms with E-state index in [1.165, 1.54) is 0 Å². The van der Waals surface area contributed by atoms with Gasteiger partial charge in [-0.1, -0.05) is 18.2 Å². The van der Waals surface area contributed by atoms with Crippen molar-refractivity contribution in [2.75, 3.05) is 0 Å². The van der Waals surface area contributed by atoms with Gasteiger partial charge in [0.2, 0.25) is 0 Å². The lowest BCUT2D eigenvalue weighted by Gasteiger charge is -2.01. The van der Waals surface area contributed by atoms with E-state index in [0.717, 1.165) is 20.8 Å². The molecule has 0 atom stereocenters. The van der Waals surface area contributed by atoms with Gasteiger partial charge in [-0.2, -0.15) is 0 Å². The molecule has 0 spiro atoms. The highest BCUT2D eigenvalue weighted by Gasteiger charge is 2.03. The van der Waals surface area contributed by atoms with Crippen LogP contribution in [0.1, 0.15) is 5.56 Å². The summed E-state index contributed by atoms with van der Waals surface area (Å²) >= 11 is 3.40. The number of fused-ring (bicyclic) bond motifs is 1. The zero-order valence-corrected chi connectivity index (χ0v) is 8.68. The van der Waals surface area contributed by atoms with E-state index >= 15 is 0 Å². The third-order valence-corrected chi connectivity index (χ3v) is 2.74. The molecule has 0 aliphatic heterocycles. The highest BCUT2D eigenvalue weighted by Crippen LogP contribution is 2.21. The van der Waals surface area contributed by atoms with Gasteiger partial charge in [0.25, 0.3) is 5.56 Å². The van der Waals surface area contributed by atoms with E-state index in [9.17, 15) is 4.79 Å². The van der Waals surface area contributed by atoms with Gasteiger partial charge in [-0.15, -0.1) is 0 Å². The predicted molar refractivity (Wildman–Crippen MR) is 57.0 cm³/mol. The molecular formula is C10H8BrNO. The molecule has 0 amide bonds. The monoisotopic (exact) mass is 237 g/mol. The number of nitrogens with one attached hydrogen (secondary N) is 1. The molecule has 0 saturated carbocycles. The summed E-state index contributed by atoms with van der Waals surface area (Å²) in [5, 5.41) is 1.72. The van der Waals surface area contributed by atoms with Crippen LogP contribution in [0.15, 0.2) is 33.7 Å². The van der Waals surface area contributed by atoms with Crippen molar-refractivity contribution in [3.8, 4) is 0 Å². The average Bonchev–Trinajstić information content (AvgIpc) is 2.12. The van der Waals surface area contributed by atoms with Gasteiger partial charge in [-0.25, -0.2) is 0 Å². The van der Waals surface area contributed by atoms with E-state index in [1.54, 1.807) is 6.20 Å². The van der Waals surface area contributed by atoms with Gasteiger partial charge in [0.1, 0.15) is 0 Å². The number of aryl methyl sites for hydroxylation is 1. The standard InChI is InChI=1S/C10H8BrNO/c1-6-3-2-4-7-8(11)5-12-10(13)9(6)7/h2-5H,1H3,(H,12,13). The van der Waals surface area contributed by atoms with Gasteiger partial charge in [0, 0.05) is 16.1 Å². The van der Waals surface area contributed by atoms with E-state index in [-0.39, 0.29) is 5.56 Å². The number of benzene rings is 1. The Morgan fingerprint density at radius 3 is 2.85 bits per heavy atom. The molecule has 0 unspecified atom stereocenters. The minimum atomic E-state index is -0.0312. The quantitative estimate of drug-likeness (QED) is 0.751. The first-order valence-electron chi connectivity index (χ1n) is 3.96. The third kappa shape index (κ3) is 1.29. The molecule has 1 heterocycles. The molecule has 0 aliphatic carbocycles. The van der Waals surface area contributed by atoms with Crippen LogP contribution in [0.5, 0.6) is 0 Å². The Morgan fingerprint density at radius 2 is 2.15 bits per heavy atom. The molecule has 3 heteroatoms. The van der Waals surface area contributed by atoms with Crippen LogP contribution in [0.3, 0.4) is 0 Å². The van der Waals surface area contributed by atoms with E-state index in [4.69, 9.17) is 0 Å². The van der Waals surface area contributed by atoms with Crippen LogP contribution in [-0.4, -0.2) is 4.98 Å². The van der Waals surface area contributed by atoms with E-state index in [2.05, 4.69) is 20.9 Å². The van der Waals surface area contributed by atoms with Crippen LogP contribution < -0.4 is 5.56 Å². The van der Waals surface area contributed by atoms with E-state index in [0.29, 0.717) is 0 Å². The fourth-order valence-corrected chi connectivity index (χ4v) is 1.89. The average molecular weight is 238 g/mol. The molecule has 1 aromatic carbocycles. The molecule has 2 rings (SSSR count). The second kappa shape index (κ2) is 3.00. The van der Waals surface area contributed by atoms with Crippen molar-refractivity contribution in [1.29, 1.82) is 0 Å². The van der Waals surface area contributed by atoms with Crippen LogP contribution in [0.2, 0.25) is 0 Å². The van der Waals surface area contributed by atoms with Gasteiger partial charge in [0.15, 0.2) is 0 Å². The van der Waals surface area contributed by atoms with Gasteiger partial charge in [0.05, 0.1) is 5.39 Å². The number of rotatable bonds is 0. The summed E-state index contributed by atoms with van der Waals surface area (Å²) in [7, 11) is 0. The van der Waals surface area contributed by atoms with Crippen LogP contribution >= 0.6 is 15.9 Å². The summed E-state index contributed by atoms with van der Waals surface area (Å²) in [4.78, 5) is 14.2. The summed E-state index contributed by atoms with van der Waals surface area (Å²) in [5.74, 6) is 0. The summed E-state index contributed by atoms with van der Waals surface area (Å²) < 4.78 is 0.922. The minimum absolute atomic E-state index is 0.0312. The van der Waals surface area contributed by atoms with E-state index in [1.807, 2.05) is 25.1 Å². The van der Waals surface area contributed by atoms with Crippen molar-refractivity contribution in [3.63, 3.8) is 0 Å². The first-order chi connectivity index (χ1) is 6.20. The molecule has 0 radical (unpaired) electrons. The number of aromatic nitrogens is 1. The van der Waals surface area contributed by atoms with Gasteiger partial charge < -0.3 is 4.98 Å². The maximum atomic E-state index is 11.5. The lowest BCUT2D eigenvalue weighted by atomic mass is 10.1.